The van der Waals surface area contributed by atoms with Crippen molar-refractivity contribution in [2.75, 3.05) is 13.1 Å². The van der Waals surface area contributed by atoms with Gasteiger partial charge in [-0.25, -0.2) is 4.98 Å². The van der Waals surface area contributed by atoms with Gasteiger partial charge in [-0.05, 0) is 31.5 Å². The van der Waals surface area contributed by atoms with E-state index in [-0.39, 0.29) is 17.5 Å². The molecule has 1 aromatic carbocycles. The average Bonchev–Trinajstić information content (AvgIpc) is 2.61. The zero-order chi connectivity index (χ0) is 16.7. The highest BCUT2D eigenvalue weighted by Crippen LogP contribution is 2.08. The maximum atomic E-state index is 12.2. The lowest BCUT2D eigenvalue weighted by Gasteiger charge is -2.18. The van der Waals surface area contributed by atoms with Crippen molar-refractivity contribution in [2.45, 2.75) is 20.4 Å². The van der Waals surface area contributed by atoms with Gasteiger partial charge in [0.05, 0.1) is 6.20 Å². The minimum atomic E-state index is -0.276. The number of hydrogen-bond acceptors (Lipinski definition) is 4. The van der Waals surface area contributed by atoms with Crippen molar-refractivity contribution in [2.24, 2.45) is 0 Å². The van der Waals surface area contributed by atoms with Crippen LogP contribution in [0.4, 0.5) is 0 Å². The van der Waals surface area contributed by atoms with Crippen molar-refractivity contribution in [3.8, 4) is 0 Å². The van der Waals surface area contributed by atoms with Crippen LogP contribution in [0.1, 0.15) is 40.3 Å². The van der Waals surface area contributed by atoms with Gasteiger partial charge in [0.2, 0.25) is 0 Å². The highest BCUT2D eigenvalue weighted by atomic mass is 16.2. The highest BCUT2D eigenvalue weighted by Gasteiger charge is 2.12. The summed E-state index contributed by atoms with van der Waals surface area (Å²) < 4.78 is 0. The maximum Gasteiger partial charge on any atom is 0.271 e. The Balaban J connectivity index is 1.95. The number of aromatic nitrogens is 2. The first-order valence-corrected chi connectivity index (χ1v) is 7.58. The van der Waals surface area contributed by atoms with E-state index in [0.29, 0.717) is 25.2 Å². The molecule has 0 saturated carbocycles. The Morgan fingerprint density at radius 1 is 1.09 bits per heavy atom. The molecule has 0 bridgehead atoms. The topological polar surface area (TPSA) is 75.2 Å². The minimum Gasteiger partial charge on any atom is -0.347 e. The van der Waals surface area contributed by atoms with Crippen LogP contribution in [0.15, 0.2) is 42.9 Å². The molecule has 1 aromatic heterocycles. The van der Waals surface area contributed by atoms with Crippen LogP contribution < -0.4 is 5.32 Å². The Morgan fingerprint density at radius 2 is 1.78 bits per heavy atom. The summed E-state index contributed by atoms with van der Waals surface area (Å²) in [5, 5.41) is 2.77. The zero-order valence-electron chi connectivity index (χ0n) is 13.3. The van der Waals surface area contributed by atoms with Gasteiger partial charge < -0.3 is 10.2 Å². The van der Waals surface area contributed by atoms with Crippen LogP contribution in [0.3, 0.4) is 0 Å². The molecule has 0 aliphatic heterocycles. The van der Waals surface area contributed by atoms with Gasteiger partial charge >= 0.3 is 0 Å². The molecule has 6 nitrogen and oxygen atoms in total. The van der Waals surface area contributed by atoms with Crippen LogP contribution in [-0.2, 0) is 6.54 Å². The SMILES string of the molecule is CCN(CC)C(=O)c1ccc(CNC(=O)c2cnccn2)cc1. The van der Waals surface area contributed by atoms with Crippen molar-refractivity contribution in [3.05, 3.63) is 59.7 Å². The highest BCUT2D eigenvalue weighted by molar-refractivity contribution is 5.94. The molecule has 1 heterocycles. The van der Waals surface area contributed by atoms with Crippen LogP contribution in [-0.4, -0.2) is 39.8 Å². The van der Waals surface area contributed by atoms with E-state index in [1.54, 1.807) is 17.0 Å². The first-order valence-electron chi connectivity index (χ1n) is 7.58. The molecule has 0 unspecified atom stereocenters. The molecule has 0 aliphatic rings. The fourth-order valence-electron chi connectivity index (χ4n) is 2.15. The molecule has 0 radical (unpaired) electrons. The summed E-state index contributed by atoms with van der Waals surface area (Å²) in [5.74, 6) is -0.258. The van der Waals surface area contributed by atoms with E-state index in [4.69, 9.17) is 0 Å². The summed E-state index contributed by atoms with van der Waals surface area (Å²) in [6, 6.07) is 7.25. The number of hydrogen-bond donors (Lipinski definition) is 1. The van der Waals surface area contributed by atoms with E-state index < -0.39 is 0 Å². The molecule has 1 N–H and O–H groups in total. The van der Waals surface area contributed by atoms with Crippen molar-refractivity contribution in [3.63, 3.8) is 0 Å². The number of nitrogens with zero attached hydrogens (tertiary/aromatic N) is 3. The molecule has 6 heteroatoms. The summed E-state index contributed by atoms with van der Waals surface area (Å²) in [5.41, 5.74) is 1.84. The van der Waals surface area contributed by atoms with Crippen LogP contribution in [0.25, 0.3) is 0 Å². The summed E-state index contributed by atoms with van der Waals surface area (Å²) in [6.45, 7) is 5.65. The second kappa shape index (κ2) is 8.03. The lowest BCUT2D eigenvalue weighted by Crippen LogP contribution is -2.30. The lowest BCUT2D eigenvalue weighted by atomic mass is 10.1. The van der Waals surface area contributed by atoms with Crippen molar-refractivity contribution >= 4 is 11.8 Å². The van der Waals surface area contributed by atoms with Gasteiger partial charge in [-0.15, -0.1) is 0 Å². The molecular formula is C17H20N4O2. The van der Waals surface area contributed by atoms with Gasteiger partial charge in [-0.1, -0.05) is 12.1 Å². The molecule has 2 rings (SSSR count). The normalized spacial score (nSPS) is 10.2. The van der Waals surface area contributed by atoms with Crippen LogP contribution in [0.2, 0.25) is 0 Å². The molecule has 0 saturated heterocycles. The van der Waals surface area contributed by atoms with Crippen LogP contribution in [0.5, 0.6) is 0 Å². The third-order valence-corrected chi connectivity index (χ3v) is 3.50. The quantitative estimate of drug-likeness (QED) is 0.884. The van der Waals surface area contributed by atoms with Crippen molar-refractivity contribution in [1.29, 1.82) is 0 Å². The third kappa shape index (κ3) is 4.35. The largest absolute Gasteiger partial charge is 0.347 e. The van der Waals surface area contributed by atoms with E-state index in [0.717, 1.165) is 5.56 Å². The molecule has 2 amide bonds. The number of nitrogens with one attached hydrogen (secondary N) is 1. The average molecular weight is 312 g/mol. The maximum absolute atomic E-state index is 12.2. The Bertz CT molecular complexity index is 652. The summed E-state index contributed by atoms with van der Waals surface area (Å²) in [4.78, 5) is 33.7. The summed E-state index contributed by atoms with van der Waals surface area (Å²) >= 11 is 0. The fraction of sp³-hybridized carbons (Fsp3) is 0.294. The number of benzene rings is 1. The molecule has 0 atom stereocenters. The van der Waals surface area contributed by atoms with Crippen molar-refractivity contribution < 1.29 is 9.59 Å². The first-order chi connectivity index (χ1) is 11.2. The zero-order valence-corrected chi connectivity index (χ0v) is 13.3. The monoisotopic (exact) mass is 312 g/mol. The predicted octanol–water partition coefficient (Wildman–Crippen LogP) is 1.89. The van der Waals surface area contributed by atoms with E-state index in [9.17, 15) is 9.59 Å². The second-order valence-electron chi connectivity index (χ2n) is 4.95. The van der Waals surface area contributed by atoms with Gasteiger partial charge in [-0.2, -0.15) is 0 Å². The molecule has 0 aliphatic carbocycles. The first kappa shape index (κ1) is 16.6. The van der Waals surface area contributed by atoms with E-state index in [1.165, 1.54) is 18.6 Å². The van der Waals surface area contributed by atoms with Gasteiger partial charge in [-0.3, -0.25) is 14.6 Å². The van der Waals surface area contributed by atoms with Gasteiger partial charge in [0.15, 0.2) is 0 Å². The molecule has 0 spiro atoms. The molecule has 23 heavy (non-hydrogen) atoms. The Labute approximate surface area is 135 Å². The van der Waals surface area contributed by atoms with Crippen molar-refractivity contribution in [1.82, 2.24) is 20.2 Å². The summed E-state index contributed by atoms with van der Waals surface area (Å²) in [7, 11) is 0. The van der Waals surface area contributed by atoms with Gasteiger partial charge in [0, 0.05) is 37.6 Å². The molecule has 120 valence electrons. The number of amides is 2. The molecule has 2 aromatic rings. The van der Waals surface area contributed by atoms with Gasteiger partial charge in [0.25, 0.3) is 11.8 Å². The number of carbonyl (C=O) groups is 2. The summed E-state index contributed by atoms with van der Waals surface area (Å²) in [6.07, 6.45) is 4.41. The van der Waals surface area contributed by atoms with E-state index >= 15 is 0 Å². The number of rotatable bonds is 6. The Morgan fingerprint density at radius 3 is 2.35 bits per heavy atom. The van der Waals surface area contributed by atoms with Crippen LogP contribution in [0, 0.1) is 0 Å². The predicted molar refractivity (Wildman–Crippen MR) is 86.9 cm³/mol. The lowest BCUT2D eigenvalue weighted by molar-refractivity contribution is 0.0772. The fourth-order valence-corrected chi connectivity index (χ4v) is 2.15. The van der Waals surface area contributed by atoms with Gasteiger partial charge in [0.1, 0.15) is 5.69 Å². The van der Waals surface area contributed by atoms with E-state index in [2.05, 4.69) is 15.3 Å². The Kier molecular flexibility index (Phi) is 5.80. The molecular weight excluding hydrogens is 292 g/mol. The minimum absolute atomic E-state index is 0.0187. The smallest absolute Gasteiger partial charge is 0.271 e. The van der Waals surface area contributed by atoms with Crippen LogP contribution >= 0.6 is 0 Å². The Hall–Kier alpha value is -2.76. The van der Waals surface area contributed by atoms with E-state index in [1.807, 2.05) is 26.0 Å². The third-order valence-electron chi connectivity index (χ3n) is 3.50. The number of carbonyl (C=O) groups excluding carboxylic acids is 2. The molecule has 0 fully saturated rings. The second-order valence-corrected chi connectivity index (χ2v) is 4.95. The standard InChI is InChI=1S/C17H20N4O2/c1-3-21(4-2)17(23)14-7-5-13(6-8-14)11-20-16(22)15-12-18-9-10-19-15/h5-10,12H,3-4,11H2,1-2H3,(H,20,22).